The van der Waals surface area contributed by atoms with Gasteiger partial charge in [-0.3, -0.25) is 0 Å². The van der Waals surface area contributed by atoms with E-state index < -0.39 is 6.10 Å². The third-order valence-electron chi connectivity index (χ3n) is 3.18. The zero-order valence-electron chi connectivity index (χ0n) is 11.7. The summed E-state index contributed by atoms with van der Waals surface area (Å²) in [5.41, 5.74) is 0. The molecule has 0 saturated heterocycles. The Morgan fingerprint density at radius 2 is 1.76 bits per heavy atom. The monoisotopic (exact) mass is 246 g/mol. The van der Waals surface area contributed by atoms with Crippen LogP contribution >= 0.6 is 0 Å². The molecular weight excluding hydrogens is 216 g/mol. The number of hydrogen-bond donors (Lipinski definition) is 2. The van der Waals surface area contributed by atoms with Crippen molar-refractivity contribution in [3.63, 3.8) is 0 Å². The first-order valence-corrected chi connectivity index (χ1v) is 7.00. The summed E-state index contributed by atoms with van der Waals surface area (Å²) >= 11 is 0. The SMILES string of the molecule is CC(O)COC(C)CO.CCC1CCCCC1. The van der Waals surface area contributed by atoms with Crippen LogP contribution < -0.4 is 0 Å². The average Bonchev–Trinajstić information content (AvgIpc) is 2.37. The minimum atomic E-state index is -0.445. The first-order chi connectivity index (χ1) is 8.10. The first-order valence-electron chi connectivity index (χ1n) is 7.00. The van der Waals surface area contributed by atoms with Crippen LogP contribution in [0.1, 0.15) is 59.3 Å². The van der Waals surface area contributed by atoms with E-state index >= 15 is 0 Å². The van der Waals surface area contributed by atoms with Gasteiger partial charge in [0.1, 0.15) is 0 Å². The summed E-state index contributed by atoms with van der Waals surface area (Å²) in [5, 5.41) is 17.1. The Morgan fingerprint density at radius 3 is 2.12 bits per heavy atom. The van der Waals surface area contributed by atoms with Crippen LogP contribution in [0.5, 0.6) is 0 Å². The van der Waals surface area contributed by atoms with E-state index in [4.69, 9.17) is 14.9 Å². The summed E-state index contributed by atoms with van der Waals surface area (Å²) in [6.45, 7) is 6.01. The van der Waals surface area contributed by atoms with Gasteiger partial charge in [-0.1, -0.05) is 45.4 Å². The Hall–Kier alpha value is -0.120. The number of hydrogen-bond acceptors (Lipinski definition) is 3. The van der Waals surface area contributed by atoms with Gasteiger partial charge in [0.05, 0.1) is 25.4 Å². The molecule has 0 amide bonds. The van der Waals surface area contributed by atoms with Crippen LogP contribution in [-0.4, -0.2) is 35.6 Å². The third kappa shape index (κ3) is 10.7. The third-order valence-corrected chi connectivity index (χ3v) is 3.18. The highest BCUT2D eigenvalue weighted by molar-refractivity contribution is 4.63. The summed E-state index contributed by atoms with van der Waals surface area (Å²) in [6, 6.07) is 0. The molecule has 2 N–H and O–H groups in total. The van der Waals surface area contributed by atoms with E-state index in [1.165, 1.54) is 38.5 Å². The highest BCUT2D eigenvalue weighted by Gasteiger charge is 2.09. The fraction of sp³-hybridized carbons (Fsp3) is 1.00. The van der Waals surface area contributed by atoms with Crippen LogP contribution in [0.15, 0.2) is 0 Å². The van der Waals surface area contributed by atoms with Gasteiger partial charge in [-0.25, -0.2) is 0 Å². The van der Waals surface area contributed by atoms with E-state index in [1.54, 1.807) is 13.8 Å². The molecule has 1 rings (SSSR count). The first kappa shape index (κ1) is 16.9. The lowest BCUT2D eigenvalue weighted by atomic mass is 9.88. The molecule has 0 aromatic heterocycles. The second kappa shape index (κ2) is 11.0. The minimum Gasteiger partial charge on any atom is -0.394 e. The second-order valence-corrected chi connectivity index (χ2v) is 5.09. The van der Waals surface area contributed by atoms with Crippen LogP contribution in [0.25, 0.3) is 0 Å². The van der Waals surface area contributed by atoms with Gasteiger partial charge in [0, 0.05) is 0 Å². The molecule has 0 heterocycles. The second-order valence-electron chi connectivity index (χ2n) is 5.09. The zero-order chi connectivity index (χ0) is 13.1. The molecule has 0 bridgehead atoms. The molecule has 0 aromatic rings. The Balaban J connectivity index is 0.000000302. The largest absolute Gasteiger partial charge is 0.394 e. The molecule has 0 radical (unpaired) electrons. The van der Waals surface area contributed by atoms with E-state index in [-0.39, 0.29) is 12.7 Å². The normalized spacial score (nSPS) is 20.3. The van der Waals surface area contributed by atoms with Gasteiger partial charge in [-0.05, 0) is 19.8 Å². The maximum atomic E-state index is 8.69. The van der Waals surface area contributed by atoms with Gasteiger partial charge in [-0.15, -0.1) is 0 Å². The molecule has 3 nitrogen and oxygen atoms in total. The molecule has 0 spiro atoms. The van der Waals surface area contributed by atoms with Crippen LogP contribution in [-0.2, 0) is 4.74 Å². The van der Waals surface area contributed by atoms with Crippen molar-refractivity contribution in [3.05, 3.63) is 0 Å². The molecule has 104 valence electrons. The van der Waals surface area contributed by atoms with Gasteiger partial charge in [0.25, 0.3) is 0 Å². The van der Waals surface area contributed by atoms with Crippen molar-refractivity contribution >= 4 is 0 Å². The minimum absolute atomic E-state index is 0.00667. The van der Waals surface area contributed by atoms with Crippen molar-refractivity contribution in [2.24, 2.45) is 5.92 Å². The van der Waals surface area contributed by atoms with Crippen LogP contribution in [0.2, 0.25) is 0 Å². The number of ether oxygens (including phenoxy) is 1. The highest BCUT2D eigenvalue weighted by atomic mass is 16.5. The quantitative estimate of drug-likeness (QED) is 0.784. The summed E-state index contributed by atoms with van der Waals surface area (Å²) in [4.78, 5) is 0. The maximum absolute atomic E-state index is 8.69. The van der Waals surface area contributed by atoms with Crippen molar-refractivity contribution in [2.75, 3.05) is 13.2 Å². The maximum Gasteiger partial charge on any atom is 0.0779 e. The van der Waals surface area contributed by atoms with Crippen molar-refractivity contribution < 1.29 is 14.9 Å². The van der Waals surface area contributed by atoms with E-state index in [2.05, 4.69) is 6.92 Å². The van der Waals surface area contributed by atoms with Gasteiger partial charge >= 0.3 is 0 Å². The van der Waals surface area contributed by atoms with Crippen LogP contribution in [0.4, 0.5) is 0 Å². The van der Waals surface area contributed by atoms with Gasteiger partial charge in [0.15, 0.2) is 0 Å². The molecule has 1 aliphatic rings. The fourth-order valence-electron chi connectivity index (χ4n) is 1.95. The molecule has 2 atom stereocenters. The Morgan fingerprint density at radius 1 is 1.18 bits per heavy atom. The Bertz CT molecular complexity index is 154. The lowest BCUT2D eigenvalue weighted by Crippen LogP contribution is -2.19. The van der Waals surface area contributed by atoms with Crippen molar-refractivity contribution in [2.45, 2.75) is 71.5 Å². The fourth-order valence-corrected chi connectivity index (χ4v) is 1.95. The summed E-state index contributed by atoms with van der Waals surface area (Å²) in [5.74, 6) is 1.09. The summed E-state index contributed by atoms with van der Waals surface area (Å²) in [6.07, 6.45) is 8.32. The van der Waals surface area contributed by atoms with E-state index in [0.717, 1.165) is 5.92 Å². The van der Waals surface area contributed by atoms with Crippen molar-refractivity contribution in [1.29, 1.82) is 0 Å². The number of aliphatic hydroxyl groups excluding tert-OH is 2. The zero-order valence-corrected chi connectivity index (χ0v) is 11.7. The summed E-state index contributed by atoms with van der Waals surface area (Å²) in [7, 11) is 0. The van der Waals surface area contributed by atoms with Crippen LogP contribution in [0.3, 0.4) is 0 Å². The molecule has 3 heteroatoms. The lowest BCUT2D eigenvalue weighted by molar-refractivity contribution is -0.0177. The van der Waals surface area contributed by atoms with Crippen molar-refractivity contribution in [3.8, 4) is 0 Å². The van der Waals surface area contributed by atoms with Crippen LogP contribution in [0, 0.1) is 5.92 Å². The molecule has 2 unspecified atom stereocenters. The Labute approximate surface area is 106 Å². The van der Waals surface area contributed by atoms with E-state index in [0.29, 0.717) is 6.61 Å². The highest BCUT2D eigenvalue weighted by Crippen LogP contribution is 2.25. The number of rotatable bonds is 5. The van der Waals surface area contributed by atoms with E-state index in [1.807, 2.05) is 0 Å². The summed E-state index contributed by atoms with van der Waals surface area (Å²) < 4.78 is 4.95. The molecule has 1 fully saturated rings. The molecule has 0 aliphatic heterocycles. The van der Waals surface area contributed by atoms with Gasteiger partial charge in [0.2, 0.25) is 0 Å². The Kier molecular flexibility index (Phi) is 10.9. The molecule has 17 heavy (non-hydrogen) atoms. The average molecular weight is 246 g/mol. The van der Waals surface area contributed by atoms with Crippen molar-refractivity contribution in [1.82, 2.24) is 0 Å². The van der Waals surface area contributed by atoms with E-state index in [9.17, 15) is 0 Å². The number of aliphatic hydroxyl groups is 2. The topological polar surface area (TPSA) is 49.7 Å². The van der Waals surface area contributed by atoms with Gasteiger partial charge < -0.3 is 14.9 Å². The van der Waals surface area contributed by atoms with Gasteiger partial charge in [-0.2, -0.15) is 0 Å². The standard InChI is InChI=1S/C8H16.C6H14O3/c1-2-8-6-4-3-5-7-8;1-5(8)4-9-6(2)3-7/h8H,2-7H2,1H3;5-8H,3-4H2,1-2H3. The lowest BCUT2D eigenvalue weighted by Gasteiger charge is -2.18. The predicted octanol–water partition coefficient (Wildman–Crippen LogP) is 2.74. The predicted molar refractivity (Wildman–Crippen MR) is 71.0 cm³/mol. The molecule has 1 saturated carbocycles. The molecule has 0 aromatic carbocycles. The smallest absolute Gasteiger partial charge is 0.0779 e. The molecular formula is C14H30O3. The molecule has 1 aliphatic carbocycles.